The zero-order valence-corrected chi connectivity index (χ0v) is 50.4. The Hall–Kier alpha value is -1.40. The fourth-order valence-corrected chi connectivity index (χ4v) is 10.9. The highest BCUT2D eigenvalue weighted by Crippen LogP contribution is 2.19. The topological polar surface area (TPSA) is 95.9 Å². The van der Waals surface area contributed by atoms with Crippen LogP contribution in [0, 0.1) is 0 Å². The average Bonchev–Trinajstić information content (AvgIpc) is 3.40. The molecule has 0 radical (unpaired) electrons. The van der Waals surface area contributed by atoms with Crippen LogP contribution in [0.5, 0.6) is 0 Å². The number of rotatable bonds is 64. The molecule has 0 aromatic rings. The van der Waals surface area contributed by atoms with E-state index in [0.717, 1.165) is 44.9 Å². The Labute approximate surface area is 463 Å². The van der Waals surface area contributed by atoms with Gasteiger partial charge >= 0.3 is 5.97 Å². The van der Waals surface area contributed by atoms with Gasteiger partial charge in [0.05, 0.1) is 25.4 Å². The molecule has 74 heavy (non-hydrogen) atoms. The highest BCUT2D eigenvalue weighted by atomic mass is 16.5. The third-order valence-electron chi connectivity index (χ3n) is 16.1. The second-order valence-electron chi connectivity index (χ2n) is 23.5. The molecule has 2 atom stereocenters. The number of ether oxygens (including phenoxy) is 1. The molecule has 0 aromatic heterocycles. The maximum Gasteiger partial charge on any atom is 0.305 e. The van der Waals surface area contributed by atoms with Gasteiger partial charge in [0.1, 0.15) is 0 Å². The van der Waals surface area contributed by atoms with Crippen molar-refractivity contribution in [1.29, 1.82) is 0 Å². The first-order valence-corrected chi connectivity index (χ1v) is 33.9. The van der Waals surface area contributed by atoms with Crippen LogP contribution in [-0.2, 0) is 14.3 Å². The van der Waals surface area contributed by atoms with Crippen molar-refractivity contribution in [1.82, 2.24) is 5.32 Å². The third-order valence-corrected chi connectivity index (χ3v) is 16.1. The van der Waals surface area contributed by atoms with Gasteiger partial charge in [-0.05, 0) is 51.4 Å². The van der Waals surface area contributed by atoms with Crippen molar-refractivity contribution in [3.05, 3.63) is 12.2 Å². The molecule has 0 aliphatic rings. The van der Waals surface area contributed by atoms with Gasteiger partial charge in [0.25, 0.3) is 0 Å². The summed E-state index contributed by atoms with van der Waals surface area (Å²) in [7, 11) is 0. The molecule has 0 saturated carbocycles. The molecule has 0 fully saturated rings. The van der Waals surface area contributed by atoms with Crippen LogP contribution < -0.4 is 5.32 Å². The largest absolute Gasteiger partial charge is 0.466 e. The lowest BCUT2D eigenvalue weighted by molar-refractivity contribution is -0.143. The van der Waals surface area contributed by atoms with Crippen LogP contribution in [0.15, 0.2) is 12.2 Å². The molecular formula is C68H133NO5. The number of aliphatic hydroxyl groups is 2. The fraction of sp³-hybridized carbons (Fsp3) is 0.941. The molecule has 0 saturated heterocycles. The molecule has 1 amide bonds. The molecule has 0 heterocycles. The van der Waals surface area contributed by atoms with E-state index in [1.807, 2.05) is 0 Å². The fourth-order valence-electron chi connectivity index (χ4n) is 10.9. The number of carbonyl (C=O) groups excluding carboxylic acids is 2. The summed E-state index contributed by atoms with van der Waals surface area (Å²) in [6, 6.07) is -0.538. The molecule has 2 unspecified atom stereocenters. The maximum absolute atomic E-state index is 12.5. The van der Waals surface area contributed by atoms with Gasteiger partial charge in [-0.3, -0.25) is 9.59 Å². The molecule has 0 aromatic carbocycles. The number of aliphatic hydroxyl groups excluding tert-OH is 2. The molecule has 0 spiro atoms. The van der Waals surface area contributed by atoms with Crippen molar-refractivity contribution in [3.63, 3.8) is 0 Å². The number of hydrogen-bond donors (Lipinski definition) is 3. The molecule has 6 heteroatoms. The Kier molecular flexibility index (Phi) is 62.9. The van der Waals surface area contributed by atoms with Gasteiger partial charge in [-0.25, -0.2) is 0 Å². The van der Waals surface area contributed by atoms with Gasteiger partial charge in [0.2, 0.25) is 5.91 Å². The van der Waals surface area contributed by atoms with Gasteiger partial charge in [-0.2, -0.15) is 0 Å². The minimum absolute atomic E-state index is 0.0103. The number of esters is 1. The molecule has 6 nitrogen and oxygen atoms in total. The van der Waals surface area contributed by atoms with E-state index < -0.39 is 12.1 Å². The van der Waals surface area contributed by atoms with Crippen LogP contribution in [0.25, 0.3) is 0 Å². The summed E-state index contributed by atoms with van der Waals surface area (Å²) in [6.07, 6.45) is 78.2. The summed E-state index contributed by atoms with van der Waals surface area (Å²) in [5.74, 6) is -0.0181. The zero-order chi connectivity index (χ0) is 53.6. The lowest BCUT2D eigenvalue weighted by Gasteiger charge is -2.22. The smallest absolute Gasteiger partial charge is 0.305 e. The quantitative estimate of drug-likeness (QED) is 0.0320. The number of allylic oxidation sites excluding steroid dienone is 2. The Morgan fingerprint density at radius 3 is 0.973 bits per heavy atom. The maximum atomic E-state index is 12.5. The number of hydrogen-bond acceptors (Lipinski definition) is 5. The van der Waals surface area contributed by atoms with Crippen molar-refractivity contribution < 1.29 is 24.5 Å². The van der Waals surface area contributed by atoms with Crippen molar-refractivity contribution >= 4 is 11.9 Å². The summed E-state index contributed by atoms with van der Waals surface area (Å²) < 4.78 is 5.48. The van der Waals surface area contributed by atoms with Crippen LogP contribution >= 0.6 is 0 Å². The summed E-state index contributed by atoms with van der Waals surface area (Å²) >= 11 is 0. The van der Waals surface area contributed by atoms with Crippen LogP contribution in [0.3, 0.4) is 0 Å². The number of amides is 1. The van der Waals surface area contributed by atoms with E-state index in [-0.39, 0.29) is 18.5 Å². The summed E-state index contributed by atoms with van der Waals surface area (Å²) in [5.41, 5.74) is 0. The van der Waals surface area contributed by atoms with Crippen molar-refractivity contribution in [2.24, 2.45) is 0 Å². The van der Waals surface area contributed by atoms with Crippen LogP contribution in [-0.4, -0.2) is 47.4 Å². The second-order valence-corrected chi connectivity index (χ2v) is 23.5. The lowest BCUT2D eigenvalue weighted by atomic mass is 10.0. The molecule has 0 rings (SSSR count). The van der Waals surface area contributed by atoms with Gasteiger partial charge in [-0.15, -0.1) is 0 Å². The Morgan fingerprint density at radius 1 is 0.365 bits per heavy atom. The van der Waals surface area contributed by atoms with E-state index >= 15 is 0 Å². The standard InChI is InChI=1S/C68H133NO5/c1-3-5-7-9-11-13-15-17-18-33-37-40-44-48-52-56-60-66(71)65(64-70)69-67(72)61-57-53-49-45-41-38-34-31-29-27-25-23-21-19-20-22-24-26-28-30-32-35-39-43-47-51-55-59-63-74-68(73)62-58-54-50-46-42-36-16-14-12-10-8-6-4-2/h14,16,65-66,70-71H,3-13,15,17-64H2,1-2H3,(H,69,72)/b16-14-. The van der Waals surface area contributed by atoms with Crippen LogP contribution in [0.2, 0.25) is 0 Å². The van der Waals surface area contributed by atoms with Gasteiger partial charge in [-0.1, -0.05) is 334 Å². The molecule has 440 valence electrons. The number of nitrogens with one attached hydrogen (secondary N) is 1. The van der Waals surface area contributed by atoms with Crippen molar-refractivity contribution in [2.45, 2.75) is 398 Å². The SMILES string of the molecule is CCCCCC/C=C\CCCCCCCC(=O)OCCCCCCCCCCCCCCCCCCCCCCCCCCCCCCC(=O)NC(CO)C(O)CCCCCCCCCCCCCCCCCC. The normalized spacial score (nSPS) is 12.5. The van der Waals surface area contributed by atoms with E-state index in [2.05, 4.69) is 31.3 Å². The van der Waals surface area contributed by atoms with Gasteiger partial charge < -0.3 is 20.3 Å². The number of unbranched alkanes of at least 4 members (excludes halogenated alkanes) is 51. The number of carbonyl (C=O) groups is 2. The summed E-state index contributed by atoms with van der Waals surface area (Å²) in [6.45, 7) is 4.97. The lowest BCUT2D eigenvalue weighted by Crippen LogP contribution is -2.45. The Bertz CT molecular complexity index is 1110. The first-order chi connectivity index (χ1) is 36.5. The predicted molar refractivity (Wildman–Crippen MR) is 324 cm³/mol. The summed E-state index contributed by atoms with van der Waals surface area (Å²) in [5, 5.41) is 23.3. The minimum Gasteiger partial charge on any atom is -0.466 e. The molecule has 0 aliphatic heterocycles. The van der Waals surface area contributed by atoms with Crippen molar-refractivity contribution in [2.75, 3.05) is 13.2 Å². The van der Waals surface area contributed by atoms with Crippen molar-refractivity contribution in [3.8, 4) is 0 Å². The first-order valence-electron chi connectivity index (χ1n) is 33.9. The van der Waals surface area contributed by atoms with Gasteiger partial charge in [0, 0.05) is 12.8 Å². The Morgan fingerprint density at radius 2 is 0.635 bits per heavy atom. The Balaban J connectivity index is 3.33. The molecule has 0 aliphatic carbocycles. The second kappa shape index (κ2) is 64.1. The van der Waals surface area contributed by atoms with E-state index in [1.54, 1.807) is 0 Å². The molecule has 3 N–H and O–H groups in total. The minimum atomic E-state index is -0.661. The van der Waals surface area contributed by atoms with Crippen LogP contribution in [0.4, 0.5) is 0 Å². The predicted octanol–water partition coefficient (Wildman–Crippen LogP) is 21.6. The zero-order valence-electron chi connectivity index (χ0n) is 50.4. The summed E-state index contributed by atoms with van der Waals surface area (Å²) in [4.78, 5) is 24.5. The monoisotopic (exact) mass is 1040 g/mol. The molecule has 0 bridgehead atoms. The van der Waals surface area contributed by atoms with E-state index in [9.17, 15) is 19.8 Å². The third kappa shape index (κ3) is 59.8. The van der Waals surface area contributed by atoms with E-state index in [4.69, 9.17) is 4.74 Å². The molecular weight excluding hydrogens is 911 g/mol. The van der Waals surface area contributed by atoms with Gasteiger partial charge in [0.15, 0.2) is 0 Å². The average molecular weight is 1040 g/mol. The first kappa shape index (κ1) is 72.6. The van der Waals surface area contributed by atoms with E-state index in [0.29, 0.717) is 25.9 Å². The highest BCUT2D eigenvalue weighted by molar-refractivity contribution is 5.76. The highest BCUT2D eigenvalue weighted by Gasteiger charge is 2.20. The van der Waals surface area contributed by atoms with Crippen LogP contribution in [0.1, 0.15) is 386 Å². The van der Waals surface area contributed by atoms with E-state index in [1.165, 1.54) is 308 Å².